The van der Waals surface area contributed by atoms with Crippen molar-refractivity contribution < 1.29 is 4.79 Å². The Morgan fingerprint density at radius 1 is 1.50 bits per heavy atom. The van der Waals surface area contributed by atoms with Crippen LogP contribution in [0, 0.1) is 0 Å². The van der Waals surface area contributed by atoms with Gasteiger partial charge in [0.1, 0.15) is 0 Å². The zero-order valence-electron chi connectivity index (χ0n) is 8.71. The van der Waals surface area contributed by atoms with Gasteiger partial charge in [0, 0.05) is 0 Å². The molecule has 0 radical (unpaired) electrons. The number of hydrogen-bond donors (Lipinski definition) is 1. The van der Waals surface area contributed by atoms with Crippen molar-refractivity contribution >= 4 is 42.1 Å². The summed E-state index contributed by atoms with van der Waals surface area (Å²) in [5.74, 6) is 0. The topological polar surface area (TPSA) is 39.1 Å². The van der Waals surface area contributed by atoms with Crippen molar-refractivity contribution in [1.29, 1.82) is 0 Å². The first-order valence-corrected chi connectivity index (χ1v) is 7.05. The fourth-order valence-corrected chi connectivity index (χ4v) is 4.54. The quantitative estimate of drug-likeness (QED) is 0.688. The zero-order chi connectivity index (χ0) is 11.7. The monoisotopic (exact) mass is 301 g/mol. The summed E-state index contributed by atoms with van der Waals surface area (Å²) in [5.41, 5.74) is -0.0372. The van der Waals surface area contributed by atoms with Crippen LogP contribution in [0.25, 0.3) is 9.65 Å². The van der Waals surface area contributed by atoms with Crippen LogP contribution < -0.4 is 5.56 Å². The Morgan fingerprint density at radius 3 is 2.75 bits per heavy atom. The molecule has 2 aromatic rings. The summed E-state index contributed by atoms with van der Waals surface area (Å²) in [6, 6.07) is 7.14. The van der Waals surface area contributed by atoms with Crippen molar-refractivity contribution in [3.63, 3.8) is 0 Å². The van der Waals surface area contributed by atoms with Gasteiger partial charge in [0.05, 0.1) is 0 Å². The maximum atomic E-state index is 12.1. The molecule has 1 aromatic carbocycles. The molecule has 1 aromatic heterocycles. The molecule has 0 saturated heterocycles. The van der Waals surface area contributed by atoms with Crippen LogP contribution in [0.1, 0.15) is 19.4 Å². The average molecular weight is 300 g/mol. The first-order valence-electron chi connectivity index (χ1n) is 4.98. The van der Waals surface area contributed by atoms with Crippen molar-refractivity contribution in [1.82, 2.24) is 3.56 Å². The summed E-state index contributed by atoms with van der Waals surface area (Å²) >= 11 is 3.75. The number of hydrogen-bond acceptors (Lipinski definition) is 2. The number of thiol groups is 1. The van der Waals surface area contributed by atoms with Crippen LogP contribution in [0.2, 0.25) is 0 Å². The third-order valence-electron chi connectivity index (χ3n) is 2.47. The van der Waals surface area contributed by atoms with E-state index in [1.165, 1.54) is 0 Å². The molecule has 0 spiro atoms. The van der Waals surface area contributed by atoms with E-state index in [1.54, 1.807) is 3.56 Å². The molecular formula is C11H11NO2SSe. The Balaban J connectivity index is 2.65. The Morgan fingerprint density at radius 2 is 2.19 bits per heavy atom. The van der Waals surface area contributed by atoms with E-state index in [0.29, 0.717) is 6.42 Å². The van der Waals surface area contributed by atoms with E-state index < -0.39 is 0 Å². The van der Waals surface area contributed by atoms with Crippen molar-refractivity contribution in [3.05, 3.63) is 34.6 Å². The van der Waals surface area contributed by atoms with Crippen LogP contribution in [0.5, 0.6) is 0 Å². The standard InChI is InChI=1S/C11H11NO2SSe/c1-2-8(11(14)15)12-10(13)7-5-3-4-6-9(7)16-12/h3-6,8H,2H2,1H3,(H,14,15)/t8-/m0/s1. The molecule has 0 unspecified atom stereocenters. The van der Waals surface area contributed by atoms with E-state index in [-0.39, 0.29) is 31.4 Å². The van der Waals surface area contributed by atoms with Gasteiger partial charge in [-0.25, -0.2) is 0 Å². The number of carbonyl (C=O) groups is 1. The Hall–Kier alpha value is -0.771. The fraction of sp³-hybridized carbons (Fsp3) is 0.273. The summed E-state index contributed by atoms with van der Waals surface area (Å²) in [5, 5.41) is 0.501. The molecule has 16 heavy (non-hydrogen) atoms. The molecule has 5 heteroatoms. The van der Waals surface area contributed by atoms with Gasteiger partial charge in [-0.2, -0.15) is 0 Å². The summed E-state index contributed by atoms with van der Waals surface area (Å²) in [7, 11) is 0. The number of benzene rings is 1. The second-order valence-corrected chi connectivity index (χ2v) is 6.05. The number of rotatable bonds is 3. The Kier molecular flexibility index (Phi) is 3.38. The summed E-state index contributed by atoms with van der Waals surface area (Å²) < 4.78 is 2.71. The van der Waals surface area contributed by atoms with E-state index in [4.69, 9.17) is 0 Å². The van der Waals surface area contributed by atoms with Crippen LogP contribution in [0.15, 0.2) is 29.1 Å². The molecular weight excluding hydrogens is 289 g/mol. The zero-order valence-corrected chi connectivity index (χ0v) is 11.3. The third kappa shape index (κ3) is 1.90. The second kappa shape index (κ2) is 4.62. The van der Waals surface area contributed by atoms with E-state index in [2.05, 4.69) is 12.6 Å². The van der Waals surface area contributed by atoms with Gasteiger partial charge >= 0.3 is 104 Å². The van der Waals surface area contributed by atoms with Crippen molar-refractivity contribution in [2.24, 2.45) is 0 Å². The molecule has 1 heterocycles. The first kappa shape index (κ1) is 11.7. The van der Waals surface area contributed by atoms with E-state index in [9.17, 15) is 9.59 Å². The van der Waals surface area contributed by atoms with E-state index >= 15 is 0 Å². The van der Waals surface area contributed by atoms with E-state index in [0.717, 1.165) is 9.65 Å². The average Bonchev–Trinajstić information content (AvgIpc) is 2.58. The fourth-order valence-electron chi connectivity index (χ4n) is 1.63. The van der Waals surface area contributed by atoms with Crippen molar-refractivity contribution in [2.75, 3.05) is 0 Å². The predicted molar refractivity (Wildman–Crippen MR) is 68.5 cm³/mol. The number of carbonyl (C=O) groups excluding carboxylic acids is 1. The number of nitrogens with zero attached hydrogens (tertiary/aromatic N) is 1. The number of aromatic nitrogens is 1. The van der Waals surface area contributed by atoms with Gasteiger partial charge in [0.2, 0.25) is 0 Å². The molecule has 0 fully saturated rings. The van der Waals surface area contributed by atoms with Crippen LogP contribution in [-0.2, 0) is 4.79 Å². The number of fused-ring (bicyclic) bond motifs is 1. The van der Waals surface area contributed by atoms with Gasteiger partial charge in [-0.1, -0.05) is 0 Å². The predicted octanol–water partition coefficient (Wildman–Crippen LogP) is 1.47. The van der Waals surface area contributed by atoms with Crippen LogP contribution >= 0.6 is 12.6 Å². The normalized spacial score (nSPS) is 12.9. The van der Waals surface area contributed by atoms with Gasteiger partial charge in [-0.05, 0) is 0 Å². The molecule has 3 nitrogen and oxygen atoms in total. The SMILES string of the molecule is CC[C@@H](C(=O)S)n1[se]c2ccccc2c1=O. The molecule has 0 amide bonds. The summed E-state index contributed by atoms with van der Waals surface area (Å²) in [4.78, 5) is 23.4. The van der Waals surface area contributed by atoms with Gasteiger partial charge in [-0.3, -0.25) is 0 Å². The summed E-state index contributed by atoms with van der Waals surface area (Å²) in [6.07, 6.45) is 0.615. The molecule has 2 rings (SSSR count). The molecule has 1 atom stereocenters. The minimum atomic E-state index is -0.386. The first-order chi connectivity index (χ1) is 7.65. The van der Waals surface area contributed by atoms with Gasteiger partial charge in [0.15, 0.2) is 0 Å². The summed E-state index contributed by atoms with van der Waals surface area (Å²) in [6.45, 7) is 1.89. The maximum absolute atomic E-state index is 12.1. The molecule has 0 aliphatic heterocycles. The van der Waals surface area contributed by atoms with Crippen LogP contribution in [0.3, 0.4) is 0 Å². The Labute approximate surface area is 104 Å². The molecule has 0 saturated carbocycles. The van der Waals surface area contributed by atoms with Gasteiger partial charge in [0.25, 0.3) is 0 Å². The van der Waals surface area contributed by atoms with Gasteiger partial charge in [-0.15, -0.1) is 0 Å². The van der Waals surface area contributed by atoms with Crippen molar-refractivity contribution in [2.45, 2.75) is 19.4 Å². The Bertz CT molecular complexity index is 587. The molecule has 84 valence electrons. The minimum absolute atomic E-state index is 0.0372. The molecule has 0 aliphatic rings. The molecule has 0 N–H and O–H groups in total. The van der Waals surface area contributed by atoms with Crippen LogP contribution in [-0.4, -0.2) is 23.4 Å². The van der Waals surface area contributed by atoms with Crippen LogP contribution in [0.4, 0.5) is 0 Å². The van der Waals surface area contributed by atoms with E-state index in [1.807, 2.05) is 31.2 Å². The molecule has 0 aliphatic carbocycles. The third-order valence-corrected chi connectivity index (χ3v) is 5.22. The van der Waals surface area contributed by atoms with Crippen molar-refractivity contribution in [3.8, 4) is 0 Å². The van der Waals surface area contributed by atoms with Gasteiger partial charge < -0.3 is 0 Å². The molecule has 0 bridgehead atoms. The second-order valence-electron chi connectivity index (χ2n) is 3.48.